The minimum absolute atomic E-state index is 0.158. The lowest BCUT2D eigenvalue weighted by Gasteiger charge is -2.21. The molecule has 2 amide bonds. The molecule has 6 nitrogen and oxygen atoms in total. The SMILES string of the molecule is CSCC[C@@H](NC(=O)c1ccc(Cl)cc1)C(=O)O[C@H](C)C(=O)NC1CCCC1. The molecule has 154 valence electrons. The van der Waals surface area contributed by atoms with E-state index in [4.69, 9.17) is 16.3 Å². The van der Waals surface area contributed by atoms with E-state index in [1.54, 1.807) is 43.0 Å². The number of nitrogens with one attached hydrogen (secondary N) is 2. The molecule has 1 aliphatic rings. The summed E-state index contributed by atoms with van der Waals surface area (Å²) in [6, 6.07) is 5.74. The van der Waals surface area contributed by atoms with Gasteiger partial charge in [-0.15, -0.1) is 0 Å². The number of hydrogen-bond acceptors (Lipinski definition) is 5. The lowest BCUT2D eigenvalue weighted by molar-refractivity contribution is -0.156. The van der Waals surface area contributed by atoms with Crippen LogP contribution < -0.4 is 10.6 Å². The lowest BCUT2D eigenvalue weighted by atomic mass is 10.1. The van der Waals surface area contributed by atoms with E-state index in [9.17, 15) is 14.4 Å². The first-order chi connectivity index (χ1) is 13.4. The van der Waals surface area contributed by atoms with Gasteiger partial charge < -0.3 is 15.4 Å². The monoisotopic (exact) mass is 426 g/mol. The number of rotatable bonds is 9. The van der Waals surface area contributed by atoms with Crippen LogP contribution in [0.15, 0.2) is 24.3 Å². The van der Waals surface area contributed by atoms with Crippen molar-refractivity contribution in [2.45, 2.75) is 57.2 Å². The van der Waals surface area contributed by atoms with E-state index in [2.05, 4.69) is 10.6 Å². The molecule has 1 aromatic rings. The summed E-state index contributed by atoms with van der Waals surface area (Å²) in [6.07, 6.45) is 5.55. The molecule has 2 atom stereocenters. The zero-order valence-corrected chi connectivity index (χ0v) is 17.8. The van der Waals surface area contributed by atoms with Gasteiger partial charge in [0.15, 0.2) is 6.10 Å². The van der Waals surface area contributed by atoms with Crippen LogP contribution in [0, 0.1) is 0 Å². The Labute approximate surface area is 175 Å². The van der Waals surface area contributed by atoms with Gasteiger partial charge in [0.1, 0.15) is 6.04 Å². The Balaban J connectivity index is 1.94. The summed E-state index contributed by atoms with van der Waals surface area (Å²) >= 11 is 7.41. The van der Waals surface area contributed by atoms with Gasteiger partial charge in [0.25, 0.3) is 11.8 Å². The summed E-state index contributed by atoms with van der Waals surface area (Å²) in [7, 11) is 0. The van der Waals surface area contributed by atoms with Crippen LogP contribution in [0.1, 0.15) is 49.4 Å². The maximum atomic E-state index is 12.6. The molecule has 0 spiro atoms. The van der Waals surface area contributed by atoms with Gasteiger partial charge in [0.2, 0.25) is 0 Å². The number of halogens is 1. The van der Waals surface area contributed by atoms with Gasteiger partial charge in [-0.3, -0.25) is 9.59 Å². The summed E-state index contributed by atoms with van der Waals surface area (Å²) in [5.41, 5.74) is 0.401. The van der Waals surface area contributed by atoms with Crippen LogP contribution in [0.25, 0.3) is 0 Å². The average Bonchev–Trinajstić information content (AvgIpc) is 3.18. The number of ether oxygens (including phenoxy) is 1. The van der Waals surface area contributed by atoms with Gasteiger partial charge in [0.05, 0.1) is 0 Å². The third-order valence-corrected chi connectivity index (χ3v) is 5.57. The van der Waals surface area contributed by atoms with Gasteiger partial charge in [-0.1, -0.05) is 24.4 Å². The summed E-state index contributed by atoms with van der Waals surface area (Å²) in [4.78, 5) is 37.3. The molecule has 0 bridgehead atoms. The molecule has 1 fully saturated rings. The summed E-state index contributed by atoms with van der Waals surface area (Å²) in [5, 5.41) is 6.15. The zero-order valence-electron chi connectivity index (χ0n) is 16.2. The van der Waals surface area contributed by atoms with Crippen LogP contribution in [0.3, 0.4) is 0 Å². The van der Waals surface area contributed by atoms with Crippen LogP contribution in [0.5, 0.6) is 0 Å². The van der Waals surface area contributed by atoms with E-state index in [-0.39, 0.29) is 17.9 Å². The zero-order chi connectivity index (χ0) is 20.5. The van der Waals surface area contributed by atoms with Gasteiger partial charge in [-0.25, -0.2) is 4.79 Å². The van der Waals surface area contributed by atoms with E-state index >= 15 is 0 Å². The molecular formula is C20H27ClN2O4S. The first-order valence-corrected chi connectivity index (χ1v) is 11.2. The van der Waals surface area contributed by atoms with E-state index < -0.39 is 18.1 Å². The fraction of sp³-hybridized carbons (Fsp3) is 0.550. The van der Waals surface area contributed by atoms with Gasteiger partial charge >= 0.3 is 5.97 Å². The number of thioether (sulfide) groups is 1. The fourth-order valence-electron chi connectivity index (χ4n) is 3.03. The largest absolute Gasteiger partial charge is 0.451 e. The molecule has 2 rings (SSSR count). The first kappa shape index (κ1) is 22.6. The number of carbonyl (C=O) groups is 3. The fourth-order valence-corrected chi connectivity index (χ4v) is 3.62. The second-order valence-corrected chi connectivity index (χ2v) is 8.31. The van der Waals surface area contributed by atoms with E-state index in [0.29, 0.717) is 22.8 Å². The predicted octanol–water partition coefficient (Wildman–Crippen LogP) is 3.18. The molecule has 0 radical (unpaired) electrons. The van der Waals surface area contributed by atoms with Gasteiger partial charge in [0, 0.05) is 16.6 Å². The molecule has 0 saturated heterocycles. The van der Waals surface area contributed by atoms with Crippen LogP contribution in [-0.4, -0.2) is 48.0 Å². The average molecular weight is 427 g/mol. The van der Waals surface area contributed by atoms with E-state index in [1.807, 2.05) is 6.26 Å². The molecule has 8 heteroatoms. The Bertz CT molecular complexity index is 677. The van der Waals surface area contributed by atoms with E-state index in [1.165, 1.54) is 0 Å². The highest BCUT2D eigenvalue weighted by molar-refractivity contribution is 7.98. The molecular weight excluding hydrogens is 400 g/mol. The molecule has 1 aromatic carbocycles. The number of amides is 2. The van der Waals surface area contributed by atoms with Crippen molar-refractivity contribution in [1.82, 2.24) is 10.6 Å². The highest BCUT2D eigenvalue weighted by atomic mass is 35.5. The van der Waals surface area contributed by atoms with Crippen molar-refractivity contribution in [3.8, 4) is 0 Å². The standard InChI is InChI=1S/C20H27ClN2O4S/c1-13(18(24)22-16-5-3-4-6-16)27-20(26)17(11-12-28-2)23-19(25)14-7-9-15(21)10-8-14/h7-10,13,16-17H,3-6,11-12H2,1-2H3,(H,22,24)(H,23,25)/t13-,17-/m1/s1. The number of carbonyl (C=O) groups excluding carboxylic acids is 3. The third-order valence-electron chi connectivity index (χ3n) is 4.67. The Hall–Kier alpha value is -1.73. The van der Waals surface area contributed by atoms with Crippen molar-refractivity contribution in [1.29, 1.82) is 0 Å². The molecule has 0 aromatic heterocycles. The Morgan fingerprint density at radius 3 is 2.46 bits per heavy atom. The van der Waals surface area contributed by atoms with Crippen molar-refractivity contribution in [2.75, 3.05) is 12.0 Å². The minimum atomic E-state index is -0.905. The summed E-state index contributed by atoms with van der Waals surface area (Å²) < 4.78 is 5.34. The lowest BCUT2D eigenvalue weighted by Crippen LogP contribution is -2.46. The highest BCUT2D eigenvalue weighted by Gasteiger charge is 2.28. The number of hydrogen-bond donors (Lipinski definition) is 2. The molecule has 2 N–H and O–H groups in total. The van der Waals surface area contributed by atoms with Crippen LogP contribution >= 0.6 is 23.4 Å². The Morgan fingerprint density at radius 1 is 1.21 bits per heavy atom. The summed E-state index contributed by atoms with van der Waals surface area (Å²) in [5.74, 6) is -0.621. The molecule has 0 unspecified atom stereocenters. The van der Waals surface area contributed by atoms with Crippen molar-refractivity contribution in [2.24, 2.45) is 0 Å². The molecule has 1 saturated carbocycles. The molecule has 0 aliphatic heterocycles. The molecule has 1 aliphatic carbocycles. The molecule has 28 heavy (non-hydrogen) atoms. The van der Waals surface area contributed by atoms with Crippen molar-refractivity contribution >= 4 is 41.1 Å². The number of esters is 1. The van der Waals surface area contributed by atoms with Crippen molar-refractivity contribution in [3.63, 3.8) is 0 Å². The van der Waals surface area contributed by atoms with Crippen molar-refractivity contribution < 1.29 is 19.1 Å². The Morgan fingerprint density at radius 2 is 1.86 bits per heavy atom. The maximum Gasteiger partial charge on any atom is 0.329 e. The quantitative estimate of drug-likeness (QED) is 0.592. The minimum Gasteiger partial charge on any atom is -0.451 e. The van der Waals surface area contributed by atoms with Gasteiger partial charge in [-0.2, -0.15) is 11.8 Å². The number of benzene rings is 1. The molecule has 0 heterocycles. The topological polar surface area (TPSA) is 84.5 Å². The summed E-state index contributed by atoms with van der Waals surface area (Å²) in [6.45, 7) is 1.55. The van der Waals surface area contributed by atoms with Crippen LogP contribution in [-0.2, 0) is 14.3 Å². The van der Waals surface area contributed by atoms with Crippen molar-refractivity contribution in [3.05, 3.63) is 34.9 Å². The van der Waals surface area contributed by atoms with Crippen LogP contribution in [0.4, 0.5) is 0 Å². The third kappa shape index (κ3) is 7.02. The van der Waals surface area contributed by atoms with Gasteiger partial charge in [-0.05, 0) is 62.5 Å². The highest BCUT2D eigenvalue weighted by Crippen LogP contribution is 2.18. The van der Waals surface area contributed by atoms with Crippen LogP contribution in [0.2, 0.25) is 5.02 Å². The maximum absolute atomic E-state index is 12.6. The second kappa shape index (κ2) is 11.3. The normalized spacial score (nSPS) is 16.2. The predicted molar refractivity (Wildman–Crippen MR) is 112 cm³/mol. The van der Waals surface area contributed by atoms with E-state index in [0.717, 1.165) is 25.7 Å². The first-order valence-electron chi connectivity index (χ1n) is 9.47. The smallest absolute Gasteiger partial charge is 0.329 e. The Kier molecular flexibility index (Phi) is 9.12. The second-order valence-electron chi connectivity index (χ2n) is 6.88.